The maximum atomic E-state index is 13.0. The largest absolute Gasteiger partial charge is 0.479 e. The molecule has 0 radical (unpaired) electrons. The molecule has 1 saturated heterocycles. The first-order chi connectivity index (χ1) is 16.8. The Labute approximate surface area is 205 Å². The third-order valence-corrected chi connectivity index (χ3v) is 6.65. The van der Waals surface area contributed by atoms with Crippen LogP contribution in [0.5, 0.6) is 0 Å². The molecular formula is C27H32N2O6. The number of alkyl carbamates (subject to hydrolysis) is 1. The molecule has 1 aliphatic carbocycles. The summed E-state index contributed by atoms with van der Waals surface area (Å²) >= 11 is 0. The van der Waals surface area contributed by atoms with E-state index in [0.717, 1.165) is 22.3 Å². The van der Waals surface area contributed by atoms with E-state index in [1.807, 2.05) is 50.2 Å². The molecule has 2 aliphatic rings. The lowest BCUT2D eigenvalue weighted by Gasteiger charge is -2.23. The van der Waals surface area contributed by atoms with Crippen molar-refractivity contribution in [3.63, 3.8) is 0 Å². The third-order valence-electron chi connectivity index (χ3n) is 6.65. The number of hydrogen-bond acceptors (Lipinski definition) is 5. The monoisotopic (exact) mass is 480 g/mol. The Morgan fingerprint density at radius 1 is 1.03 bits per heavy atom. The summed E-state index contributed by atoms with van der Waals surface area (Å²) in [5.74, 6) is -1.30. The van der Waals surface area contributed by atoms with Crippen LogP contribution >= 0.6 is 0 Å². The molecule has 2 amide bonds. The second kappa shape index (κ2) is 10.9. The molecule has 3 N–H and O–H groups in total. The van der Waals surface area contributed by atoms with Gasteiger partial charge in [0, 0.05) is 12.5 Å². The van der Waals surface area contributed by atoms with Crippen LogP contribution in [-0.2, 0) is 19.1 Å². The summed E-state index contributed by atoms with van der Waals surface area (Å²) in [6.45, 7) is 4.48. The Kier molecular flexibility index (Phi) is 7.70. The Hall–Kier alpha value is -3.39. The van der Waals surface area contributed by atoms with E-state index in [-0.39, 0.29) is 19.1 Å². The van der Waals surface area contributed by atoms with Crippen molar-refractivity contribution in [3.05, 3.63) is 59.7 Å². The summed E-state index contributed by atoms with van der Waals surface area (Å²) in [5, 5.41) is 14.8. The summed E-state index contributed by atoms with van der Waals surface area (Å²) in [6.07, 6.45) is -0.221. The molecule has 2 aromatic carbocycles. The number of carboxylic acid groups (broad SMARTS) is 1. The smallest absolute Gasteiger partial charge is 0.407 e. The highest BCUT2D eigenvalue weighted by atomic mass is 16.5. The van der Waals surface area contributed by atoms with Crippen LogP contribution in [0.1, 0.15) is 50.2 Å². The molecule has 1 unspecified atom stereocenters. The highest BCUT2D eigenvalue weighted by molar-refractivity contribution is 5.87. The second-order valence-corrected chi connectivity index (χ2v) is 9.53. The van der Waals surface area contributed by atoms with Gasteiger partial charge in [0.1, 0.15) is 12.6 Å². The molecule has 4 rings (SSSR count). The first kappa shape index (κ1) is 24.7. The van der Waals surface area contributed by atoms with Gasteiger partial charge in [-0.15, -0.1) is 0 Å². The second-order valence-electron chi connectivity index (χ2n) is 9.53. The number of aliphatic carboxylic acids is 1. The van der Waals surface area contributed by atoms with Gasteiger partial charge in [-0.2, -0.15) is 0 Å². The fourth-order valence-corrected chi connectivity index (χ4v) is 4.82. The quantitative estimate of drug-likeness (QED) is 0.504. The van der Waals surface area contributed by atoms with E-state index in [2.05, 4.69) is 22.8 Å². The molecule has 3 atom stereocenters. The van der Waals surface area contributed by atoms with Gasteiger partial charge in [-0.25, -0.2) is 9.59 Å². The summed E-state index contributed by atoms with van der Waals surface area (Å²) in [4.78, 5) is 37.1. The average molecular weight is 481 g/mol. The molecule has 35 heavy (non-hydrogen) atoms. The molecule has 2 aromatic rings. The third kappa shape index (κ3) is 5.65. The molecule has 1 heterocycles. The maximum absolute atomic E-state index is 13.0. The van der Waals surface area contributed by atoms with Crippen molar-refractivity contribution in [1.82, 2.24) is 10.6 Å². The van der Waals surface area contributed by atoms with Gasteiger partial charge >= 0.3 is 12.1 Å². The molecule has 0 aromatic heterocycles. The number of carbonyl (C=O) groups excluding carboxylic acids is 2. The predicted octanol–water partition coefficient (Wildman–Crippen LogP) is 3.69. The van der Waals surface area contributed by atoms with Crippen molar-refractivity contribution < 1.29 is 29.0 Å². The molecule has 8 nitrogen and oxygen atoms in total. The number of benzene rings is 2. The summed E-state index contributed by atoms with van der Waals surface area (Å²) in [7, 11) is 0. The summed E-state index contributed by atoms with van der Waals surface area (Å²) in [5.41, 5.74) is 4.49. The topological polar surface area (TPSA) is 114 Å². The first-order valence-electron chi connectivity index (χ1n) is 12.1. The minimum Gasteiger partial charge on any atom is -0.479 e. The van der Waals surface area contributed by atoms with Crippen molar-refractivity contribution in [2.75, 3.05) is 13.2 Å². The highest BCUT2D eigenvalue weighted by Gasteiger charge is 2.37. The lowest BCUT2D eigenvalue weighted by molar-refractivity contribution is -0.148. The van der Waals surface area contributed by atoms with Crippen LogP contribution < -0.4 is 10.6 Å². The number of fused-ring (bicyclic) bond motifs is 3. The Morgan fingerprint density at radius 3 is 2.26 bits per heavy atom. The first-order valence-corrected chi connectivity index (χ1v) is 12.1. The molecule has 0 bridgehead atoms. The fraction of sp³-hybridized carbons (Fsp3) is 0.444. The Balaban J connectivity index is 1.40. The fourth-order valence-electron chi connectivity index (χ4n) is 4.82. The zero-order valence-electron chi connectivity index (χ0n) is 20.0. The molecule has 1 fully saturated rings. The van der Waals surface area contributed by atoms with Crippen molar-refractivity contribution in [1.29, 1.82) is 0 Å². The van der Waals surface area contributed by atoms with Crippen LogP contribution in [0, 0.1) is 5.92 Å². The van der Waals surface area contributed by atoms with Crippen LogP contribution in [0.25, 0.3) is 11.1 Å². The van der Waals surface area contributed by atoms with Crippen molar-refractivity contribution in [2.24, 2.45) is 5.92 Å². The van der Waals surface area contributed by atoms with E-state index in [0.29, 0.717) is 25.2 Å². The van der Waals surface area contributed by atoms with Gasteiger partial charge in [0.25, 0.3) is 0 Å². The van der Waals surface area contributed by atoms with Crippen molar-refractivity contribution in [2.45, 2.75) is 57.2 Å². The van der Waals surface area contributed by atoms with Gasteiger partial charge in [-0.05, 0) is 47.4 Å². The Bertz CT molecular complexity index is 1040. The van der Waals surface area contributed by atoms with E-state index in [1.165, 1.54) is 0 Å². The van der Waals surface area contributed by atoms with Crippen LogP contribution in [0.4, 0.5) is 4.79 Å². The standard InChI is InChI=1S/C27H32N2O6/c1-16(2)11-12-23(25(30)28-22-13-14-34-24(22)26(31)32)29-27(33)35-15-21-19-9-5-3-7-17(19)18-8-4-6-10-20(18)21/h3-10,16,21-24H,11-15H2,1-2H3,(H,28,30)(H,29,33)(H,31,32)/t22-,23?,24+/m1/s1. The van der Waals surface area contributed by atoms with Crippen LogP contribution in [0.15, 0.2) is 48.5 Å². The molecule has 0 saturated carbocycles. The summed E-state index contributed by atoms with van der Waals surface area (Å²) in [6, 6.07) is 14.7. The van der Waals surface area contributed by atoms with Crippen LogP contribution in [0.2, 0.25) is 0 Å². The van der Waals surface area contributed by atoms with E-state index in [9.17, 15) is 19.5 Å². The normalized spacial score (nSPS) is 19.6. The number of hydrogen-bond donors (Lipinski definition) is 3. The number of carbonyl (C=O) groups is 3. The van der Waals surface area contributed by atoms with Gasteiger partial charge in [0.2, 0.25) is 5.91 Å². The van der Waals surface area contributed by atoms with Crippen LogP contribution in [0.3, 0.4) is 0 Å². The summed E-state index contributed by atoms with van der Waals surface area (Å²) < 4.78 is 10.8. The van der Waals surface area contributed by atoms with E-state index in [4.69, 9.17) is 9.47 Å². The molecule has 186 valence electrons. The zero-order valence-corrected chi connectivity index (χ0v) is 20.0. The van der Waals surface area contributed by atoms with E-state index >= 15 is 0 Å². The van der Waals surface area contributed by atoms with Crippen LogP contribution in [-0.4, -0.2) is 54.5 Å². The average Bonchev–Trinajstić information content (AvgIpc) is 3.43. The van der Waals surface area contributed by atoms with E-state index < -0.39 is 36.2 Å². The van der Waals surface area contributed by atoms with Crippen molar-refractivity contribution in [3.8, 4) is 11.1 Å². The lowest BCUT2D eigenvalue weighted by atomic mass is 9.98. The van der Waals surface area contributed by atoms with Gasteiger partial charge in [-0.3, -0.25) is 4.79 Å². The van der Waals surface area contributed by atoms with Crippen molar-refractivity contribution >= 4 is 18.0 Å². The number of ether oxygens (including phenoxy) is 2. The minimum atomic E-state index is -1.11. The molecule has 8 heteroatoms. The Morgan fingerprint density at radius 2 is 1.66 bits per heavy atom. The highest BCUT2D eigenvalue weighted by Crippen LogP contribution is 2.44. The van der Waals surface area contributed by atoms with Gasteiger partial charge in [-0.1, -0.05) is 62.4 Å². The molecule has 1 aliphatic heterocycles. The van der Waals surface area contributed by atoms with Gasteiger partial charge in [0.15, 0.2) is 6.10 Å². The predicted molar refractivity (Wildman–Crippen MR) is 130 cm³/mol. The molecule has 0 spiro atoms. The molecular weight excluding hydrogens is 448 g/mol. The maximum Gasteiger partial charge on any atom is 0.407 e. The SMILES string of the molecule is CC(C)CCC(NC(=O)OCC1c2ccccc2-c2ccccc21)C(=O)N[C@@H]1CCO[C@@H]1C(=O)O. The zero-order chi connectivity index (χ0) is 24.9. The number of nitrogens with one attached hydrogen (secondary N) is 2. The van der Waals surface area contributed by atoms with Gasteiger partial charge < -0.3 is 25.2 Å². The number of carboxylic acids is 1. The minimum absolute atomic E-state index is 0.0805. The van der Waals surface area contributed by atoms with Gasteiger partial charge in [0.05, 0.1) is 6.04 Å². The number of amides is 2. The lowest BCUT2D eigenvalue weighted by Crippen LogP contribution is -2.52. The number of rotatable bonds is 9. The van der Waals surface area contributed by atoms with E-state index in [1.54, 1.807) is 0 Å².